The van der Waals surface area contributed by atoms with Crippen molar-refractivity contribution in [3.05, 3.63) is 10.6 Å². The lowest BCUT2D eigenvalue weighted by molar-refractivity contribution is -0.117. The Hall–Kier alpha value is -1.43. The standard InChI is InChI=1S/C17H25N3O2S/c1-11(2)14-15(16(22)18-12-7-4-3-5-8-12)23-17(19-14)20-10-6-9-13(20)21/h11-12H,3-10H2,1-2H3,(H,18,22). The molecule has 3 rings (SSSR count). The van der Waals surface area contributed by atoms with Gasteiger partial charge in [-0.05, 0) is 25.2 Å². The number of nitrogens with zero attached hydrogens (tertiary/aromatic N) is 2. The molecule has 1 saturated heterocycles. The van der Waals surface area contributed by atoms with Gasteiger partial charge in [0.05, 0.1) is 5.69 Å². The van der Waals surface area contributed by atoms with Gasteiger partial charge in [0.15, 0.2) is 5.13 Å². The summed E-state index contributed by atoms with van der Waals surface area (Å²) in [6, 6.07) is 0.287. The van der Waals surface area contributed by atoms with Crippen LogP contribution in [-0.2, 0) is 4.79 Å². The lowest BCUT2D eigenvalue weighted by Crippen LogP contribution is -2.36. The Balaban J connectivity index is 1.80. The summed E-state index contributed by atoms with van der Waals surface area (Å²) in [6.45, 7) is 4.80. The van der Waals surface area contributed by atoms with Crippen LogP contribution in [0.25, 0.3) is 0 Å². The quantitative estimate of drug-likeness (QED) is 0.916. The first kappa shape index (κ1) is 16.4. The molecule has 0 spiro atoms. The maximum atomic E-state index is 12.7. The summed E-state index contributed by atoms with van der Waals surface area (Å²) in [5.41, 5.74) is 0.818. The first-order chi connectivity index (χ1) is 11.1. The van der Waals surface area contributed by atoms with Gasteiger partial charge in [-0.1, -0.05) is 44.4 Å². The van der Waals surface area contributed by atoms with Gasteiger partial charge in [-0.15, -0.1) is 0 Å². The molecule has 0 bridgehead atoms. The average molecular weight is 335 g/mol. The van der Waals surface area contributed by atoms with Crippen LogP contribution in [0.15, 0.2) is 0 Å². The molecule has 126 valence electrons. The predicted molar refractivity (Wildman–Crippen MR) is 92.1 cm³/mol. The molecule has 2 fully saturated rings. The first-order valence-corrected chi connectivity index (χ1v) is 9.50. The van der Waals surface area contributed by atoms with Crippen LogP contribution in [0.1, 0.15) is 80.1 Å². The molecule has 0 atom stereocenters. The molecule has 2 heterocycles. The van der Waals surface area contributed by atoms with E-state index in [2.05, 4.69) is 10.3 Å². The van der Waals surface area contributed by atoms with Crippen molar-refractivity contribution in [2.24, 2.45) is 0 Å². The van der Waals surface area contributed by atoms with Crippen molar-refractivity contribution in [3.63, 3.8) is 0 Å². The van der Waals surface area contributed by atoms with E-state index >= 15 is 0 Å². The molecule has 0 aromatic carbocycles. The second kappa shape index (κ2) is 6.99. The topological polar surface area (TPSA) is 62.3 Å². The average Bonchev–Trinajstić information content (AvgIpc) is 3.14. The molecule has 0 unspecified atom stereocenters. The van der Waals surface area contributed by atoms with Crippen LogP contribution in [0.3, 0.4) is 0 Å². The normalized spacial score (nSPS) is 19.6. The number of aromatic nitrogens is 1. The molecule has 1 N–H and O–H groups in total. The van der Waals surface area contributed by atoms with E-state index in [1.54, 1.807) is 4.90 Å². The van der Waals surface area contributed by atoms with Crippen molar-refractivity contribution < 1.29 is 9.59 Å². The zero-order valence-corrected chi connectivity index (χ0v) is 14.7. The number of carbonyl (C=O) groups is 2. The molecule has 6 heteroatoms. The number of hydrogen-bond acceptors (Lipinski definition) is 4. The van der Waals surface area contributed by atoms with Gasteiger partial charge in [0.2, 0.25) is 5.91 Å². The highest BCUT2D eigenvalue weighted by Crippen LogP contribution is 2.33. The van der Waals surface area contributed by atoms with Gasteiger partial charge in [-0.25, -0.2) is 4.98 Å². The van der Waals surface area contributed by atoms with E-state index in [1.807, 2.05) is 13.8 Å². The monoisotopic (exact) mass is 335 g/mol. The van der Waals surface area contributed by atoms with Crippen molar-refractivity contribution in [2.45, 2.75) is 70.8 Å². The fourth-order valence-electron chi connectivity index (χ4n) is 3.34. The maximum Gasteiger partial charge on any atom is 0.263 e. The van der Waals surface area contributed by atoms with E-state index in [0.717, 1.165) is 25.0 Å². The van der Waals surface area contributed by atoms with Crippen molar-refractivity contribution in [1.29, 1.82) is 0 Å². The zero-order valence-electron chi connectivity index (χ0n) is 13.9. The molecule has 23 heavy (non-hydrogen) atoms. The smallest absolute Gasteiger partial charge is 0.263 e. The van der Waals surface area contributed by atoms with E-state index in [4.69, 9.17) is 0 Å². The fourth-order valence-corrected chi connectivity index (χ4v) is 4.51. The van der Waals surface area contributed by atoms with Crippen molar-refractivity contribution in [1.82, 2.24) is 10.3 Å². The van der Waals surface area contributed by atoms with Crippen molar-refractivity contribution >= 4 is 28.3 Å². The summed E-state index contributed by atoms with van der Waals surface area (Å²) in [7, 11) is 0. The number of rotatable bonds is 4. The Labute approximate surface area is 141 Å². The van der Waals surface area contributed by atoms with Gasteiger partial charge in [-0.3, -0.25) is 14.5 Å². The van der Waals surface area contributed by atoms with Crippen molar-refractivity contribution in [3.8, 4) is 0 Å². The van der Waals surface area contributed by atoms with E-state index in [-0.39, 0.29) is 23.8 Å². The molecule has 0 radical (unpaired) electrons. The molecule has 1 aliphatic heterocycles. The van der Waals surface area contributed by atoms with Crippen LogP contribution in [0, 0.1) is 0 Å². The fraction of sp³-hybridized carbons (Fsp3) is 0.706. The highest BCUT2D eigenvalue weighted by atomic mass is 32.1. The van der Waals surface area contributed by atoms with Crippen LogP contribution in [-0.4, -0.2) is 29.4 Å². The Bertz CT molecular complexity index is 591. The van der Waals surface area contributed by atoms with Crippen LogP contribution < -0.4 is 10.2 Å². The molecule has 2 amide bonds. The van der Waals surface area contributed by atoms with Gasteiger partial charge in [-0.2, -0.15) is 0 Å². The molecule has 1 aromatic heterocycles. The lowest BCUT2D eigenvalue weighted by Gasteiger charge is -2.22. The summed E-state index contributed by atoms with van der Waals surface area (Å²) in [4.78, 5) is 31.7. The summed E-state index contributed by atoms with van der Waals surface area (Å²) < 4.78 is 0. The third-order valence-corrected chi connectivity index (χ3v) is 5.73. The number of thiazole rings is 1. The molecular weight excluding hydrogens is 310 g/mol. The molecule has 1 saturated carbocycles. The summed E-state index contributed by atoms with van der Waals surface area (Å²) in [6.07, 6.45) is 7.25. The number of anilines is 1. The van der Waals surface area contributed by atoms with E-state index < -0.39 is 0 Å². The van der Waals surface area contributed by atoms with E-state index in [1.165, 1.54) is 30.6 Å². The Kier molecular flexibility index (Phi) is 4.99. The number of amides is 2. The van der Waals surface area contributed by atoms with E-state index in [9.17, 15) is 9.59 Å². The maximum absolute atomic E-state index is 12.7. The molecule has 2 aliphatic rings. The zero-order chi connectivity index (χ0) is 16.4. The Morgan fingerprint density at radius 3 is 2.61 bits per heavy atom. The summed E-state index contributed by atoms with van der Waals surface area (Å²) in [5, 5.41) is 3.86. The van der Waals surface area contributed by atoms with E-state index in [0.29, 0.717) is 23.0 Å². The van der Waals surface area contributed by atoms with Gasteiger partial charge in [0.1, 0.15) is 4.88 Å². The van der Waals surface area contributed by atoms with Gasteiger partial charge >= 0.3 is 0 Å². The van der Waals surface area contributed by atoms with Crippen LogP contribution in [0.4, 0.5) is 5.13 Å². The number of hydrogen-bond donors (Lipinski definition) is 1. The molecule has 5 nitrogen and oxygen atoms in total. The molecule has 1 aromatic rings. The minimum Gasteiger partial charge on any atom is -0.349 e. The third-order valence-electron chi connectivity index (χ3n) is 4.64. The summed E-state index contributed by atoms with van der Waals surface area (Å²) >= 11 is 1.37. The third kappa shape index (κ3) is 3.57. The number of carbonyl (C=O) groups excluding carboxylic acids is 2. The van der Waals surface area contributed by atoms with Crippen LogP contribution >= 0.6 is 11.3 Å². The Morgan fingerprint density at radius 1 is 1.26 bits per heavy atom. The Morgan fingerprint density at radius 2 is 2.00 bits per heavy atom. The van der Waals surface area contributed by atoms with Gasteiger partial charge in [0.25, 0.3) is 5.91 Å². The molecular formula is C17H25N3O2S. The minimum atomic E-state index is -0.0176. The highest BCUT2D eigenvalue weighted by molar-refractivity contribution is 7.17. The van der Waals surface area contributed by atoms with Gasteiger partial charge in [0, 0.05) is 19.0 Å². The lowest BCUT2D eigenvalue weighted by atomic mass is 9.95. The van der Waals surface area contributed by atoms with Crippen molar-refractivity contribution in [2.75, 3.05) is 11.4 Å². The highest BCUT2D eigenvalue weighted by Gasteiger charge is 2.29. The predicted octanol–water partition coefficient (Wildman–Crippen LogP) is 3.46. The summed E-state index contributed by atoms with van der Waals surface area (Å²) in [5.74, 6) is 0.272. The minimum absolute atomic E-state index is 0.0176. The first-order valence-electron chi connectivity index (χ1n) is 8.68. The number of nitrogens with one attached hydrogen (secondary N) is 1. The SMILES string of the molecule is CC(C)c1nc(N2CCCC2=O)sc1C(=O)NC1CCCCC1. The van der Waals surface area contributed by atoms with Crippen LogP contribution in [0.5, 0.6) is 0 Å². The second-order valence-electron chi connectivity index (χ2n) is 6.82. The second-order valence-corrected chi connectivity index (χ2v) is 7.80. The van der Waals surface area contributed by atoms with Crippen LogP contribution in [0.2, 0.25) is 0 Å². The largest absolute Gasteiger partial charge is 0.349 e. The van der Waals surface area contributed by atoms with Gasteiger partial charge < -0.3 is 5.32 Å². The molecule has 1 aliphatic carbocycles.